The minimum absolute atomic E-state index is 0.237. The maximum absolute atomic E-state index is 7.03. The van der Waals surface area contributed by atoms with Gasteiger partial charge in [0.2, 0.25) is 0 Å². The van der Waals surface area contributed by atoms with Gasteiger partial charge in [-0.25, -0.2) is 0 Å². The fourth-order valence-electron chi connectivity index (χ4n) is 9.68. The summed E-state index contributed by atoms with van der Waals surface area (Å²) in [6, 6.07) is 0. The summed E-state index contributed by atoms with van der Waals surface area (Å²) >= 11 is 0. The van der Waals surface area contributed by atoms with Crippen molar-refractivity contribution in [3.8, 4) is 0 Å². The highest BCUT2D eigenvalue weighted by molar-refractivity contribution is 7.41. The van der Waals surface area contributed by atoms with Crippen LogP contribution in [0.15, 0.2) is 11.8 Å². The molecule has 9 atom stereocenters. The monoisotopic (exact) mass is 608 g/mol. The molecule has 238 valence electrons. The molecule has 0 amide bonds. The summed E-state index contributed by atoms with van der Waals surface area (Å²) in [4.78, 5) is 0. The predicted molar refractivity (Wildman–Crippen MR) is 176 cm³/mol. The molecule has 4 nitrogen and oxygen atoms in total. The van der Waals surface area contributed by atoms with E-state index in [1.54, 1.807) is 14.2 Å². The van der Waals surface area contributed by atoms with Crippen molar-refractivity contribution in [3.63, 3.8) is 0 Å². The first-order valence-electron chi connectivity index (χ1n) is 17.0. The molecular weight excluding hydrogens is 543 g/mol. The Balaban J connectivity index is 1.62. The molecule has 0 radical (unpaired) electrons. The van der Waals surface area contributed by atoms with Crippen molar-refractivity contribution in [2.75, 3.05) is 14.2 Å². The molecule has 0 aromatic carbocycles. The lowest BCUT2D eigenvalue weighted by molar-refractivity contribution is -0.0953. The molecule has 0 aromatic heterocycles. The number of hydrogen-bond donors (Lipinski definition) is 0. The van der Waals surface area contributed by atoms with E-state index in [0.29, 0.717) is 40.6 Å². The third-order valence-electron chi connectivity index (χ3n) is 13.1. The van der Waals surface area contributed by atoms with E-state index in [2.05, 4.69) is 74.6 Å². The summed E-state index contributed by atoms with van der Waals surface area (Å²) in [7, 11) is 0.263. The predicted octanol–water partition coefficient (Wildman–Crippen LogP) is 11.1. The fourth-order valence-corrected chi connectivity index (χ4v) is 11.7. The summed E-state index contributed by atoms with van der Waals surface area (Å²) in [5.74, 6) is 5.97. The Morgan fingerprint density at radius 3 is 2.17 bits per heavy atom. The second kappa shape index (κ2) is 12.8. The molecule has 6 heteroatoms. The third kappa shape index (κ3) is 6.70. The van der Waals surface area contributed by atoms with Crippen LogP contribution < -0.4 is 0 Å². The molecule has 0 spiro atoms. The average Bonchev–Trinajstić information content (AvgIpc) is 3.23. The van der Waals surface area contributed by atoms with Gasteiger partial charge in [0.1, 0.15) is 5.76 Å². The van der Waals surface area contributed by atoms with Gasteiger partial charge in [-0.3, -0.25) is 0 Å². The summed E-state index contributed by atoms with van der Waals surface area (Å²) in [6.07, 6.45) is 16.0. The molecule has 0 heterocycles. The molecule has 4 aliphatic rings. The van der Waals surface area contributed by atoms with Crippen LogP contribution in [-0.4, -0.2) is 28.6 Å². The van der Waals surface area contributed by atoms with E-state index in [0.717, 1.165) is 24.2 Å². The molecule has 4 rings (SSSR count). The number of hydrogen-bond acceptors (Lipinski definition) is 4. The molecule has 0 aliphatic heterocycles. The van der Waals surface area contributed by atoms with E-state index >= 15 is 0 Å². The van der Waals surface area contributed by atoms with Crippen molar-refractivity contribution >= 4 is 16.9 Å². The third-order valence-corrected chi connectivity index (χ3v) is 18.6. The zero-order chi connectivity index (χ0) is 30.4. The van der Waals surface area contributed by atoms with E-state index in [4.69, 9.17) is 18.0 Å². The second-order valence-corrected chi connectivity index (χ2v) is 23.0. The van der Waals surface area contributed by atoms with Crippen molar-refractivity contribution in [1.29, 1.82) is 0 Å². The highest BCUT2D eigenvalue weighted by Gasteiger charge is 2.62. The Bertz CT molecular complexity index is 910. The van der Waals surface area contributed by atoms with Crippen LogP contribution in [0.2, 0.25) is 18.1 Å². The van der Waals surface area contributed by atoms with Gasteiger partial charge in [-0.1, -0.05) is 74.7 Å². The van der Waals surface area contributed by atoms with Crippen LogP contribution in [0.25, 0.3) is 0 Å². The van der Waals surface area contributed by atoms with Crippen molar-refractivity contribution in [1.82, 2.24) is 0 Å². The van der Waals surface area contributed by atoms with E-state index in [9.17, 15) is 0 Å². The van der Waals surface area contributed by atoms with Gasteiger partial charge >= 0.3 is 8.60 Å². The van der Waals surface area contributed by atoms with Crippen molar-refractivity contribution in [2.24, 2.45) is 52.3 Å². The lowest BCUT2D eigenvalue weighted by atomic mass is 9.46. The van der Waals surface area contributed by atoms with Crippen LogP contribution in [0.3, 0.4) is 0 Å². The molecule has 4 aliphatic carbocycles. The van der Waals surface area contributed by atoms with Gasteiger partial charge in [0, 0.05) is 26.2 Å². The zero-order valence-corrected chi connectivity index (χ0v) is 30.7. The Morgan fingerprint density at radius 1 is 0.927 bits per heavy atom. The van der Waals surface area contributed by atoms with Crippen LogP contribution in [0.1, 0.15) is 120 Å². The van der Waals surface area contributed by atoms with E-state index in [1.807, 2.05) is 0 Å². The summed E-state index contributed by atoms with van der Waals surface area (Å²) in [5, 5.41) is 0.237. The van der Waals surface area contributed by atoms with Gasteiger partial charge < -0.3 is 18.0 Å². The lowest BCUT2D eigenvalue weighted by Crippen LogP contribution is -2.55. The molecule has 0 N–H and O–H groups in total. The van der Waals surface area contributed by atoms with Crippen molar-refractivity contribution in [3.05, 3.63) is 11.8 Å². The van der Waals surface area contributed by atoms with Gasteiger partial charge in [0.15, 0.2) is 8.32 Å². The zero-order valence-electron chi connectivity index (χ0n) is 28.8. The Kier molecular flexibility index (Phi) is 10.6. The average molecular weight is 609 g/mol. The van der Waals surface area contributed by atoms with Crippen LogP contribution >= 0.6 is 8.60 Å². The maximum atomic E-state index is 7.03. The van der Waals surface area contributed by atoms with Gasteiger partial charge in [-0.15, -0.1) is 0 Å². The Morgan fingerprint density at radius 2 is 1.56 bits per heavy atom. The Labute approximate surface area is 256 Å². The summed E-state index contributed by atoms with van der Waals surface area (Å²) < 4.78 is 25.1. The normalized spacial score (nSPS) is 38.3. The first-order chi connectivity index (χ1) is 19.1. The molecule has 3 saturated carbocycles. The number of fused-ring (bicyclic) bond motifs is 5. The van der Waals surface area contributed by atoms with Crippen LogP contribution in [0.4, 0.5) is 0 Å². The van der Waals surface area contributed by atoms with Crippen molar-refractivity contribution in [2.45, 2.75) is 144 Å². The maximum Gasteiger partial charge on any atom is 0.396 e. The van der Waals surface area contributed by atoms with E-state index < -0.39 is 16.9 Å². The molecule has 0 saturated heterocycles. The van der Waals surface area contributed by atoms with Crippen molar-refractivity contribution < 1.29 is 18.0 Å². The van der Waals surface area contributed by atoms with Gasteiger partial charge in [-0.05, 0) is 115 Å². The standard InChI is InChI=1S/C35H65O4PSi/c1-24(2)14-13-15-25(3)28-16-17-29-32-30(19-21-35(28,29)8)34(7)20-18-27(39-41(11,12)33(4,5)6)22-26(34)23-31(32)38-40(36-9)37-10/h23-30,32H,13-22H2,1-12H3/t25?,26?,27?,28?,29?,30?,32?,34-,35+/m0/s1. The van der Waals surface area contributed by atoms with Gasteiger partial charge in [0.05, 0.1) is 0 Å². The van der Waals surface area contributed by atoms with Gasteiger partial charge in [-0.2, -0.15) is 0 Å². The highest BCUT2D eigenvalue weighted by atomic mass is 31.2. The topological polar surface area (TPSA) is 36.9 Å². The largest absolute Gasteiger partial charge is 0.431 e. The number of allylic oxidation sites excluding steroid dienone is 2. The van der Waals surface area contributed by atoms with Crippen LogP contribution in [0.5, 0.6) is 0 Å². The molecule has 7 unspecified atom stereocenters. The van der Waals surface area contributed by atoms with Crippen LogP contribution in [0, 0.1) is 52.3 Å². The van der Waals surface area contributed by atoms with E-state index in [1.165, 1.54) is 63.5 Å². The molecule has 3 fully saturated rings. The summed E-state index contributed by atoms with van der Waals surface area (Å²) in [5.41, 5.74) is 0.714. The molecule has 0 bridgehead atoms. The van der Waals surface area contributed by atoms with Gasteiger partial charge in [0.25, 0.3) is 0 Å². The minimum atomic E-state index is -1.81. The number of rotatable bonds is 11. The second-order valence-electron chi connectivity index (χ2n) is 16.9. The van der Waals surface area contributed by atoms with E-state index in [-0.39, 0.29) is 5.04 Å². The fraction of sp³-hybridized carbons (Fsp3) is 0.943. The quantitative estimate of drug-likeness (QED) is 0.173. The first kappa shape index (κ1) is 33.9. The SMILES string of the molecule is COP(OC)OC1=CC2CC(O[Si](C)(C)C(C)(C)C)CC[C@]2(C)C2CC[C@]3(C)C(C(C)CCCC(C)C)CCC3C12. The van der Waals surface area contributed by atoms with Crippen LogP contribution in [-0.2, 0) is 18.0 Å². The summed E-state index contributed by atoms with van der Waals surface area (Å²) in [6.45, 7) is 24.5. The molecule has 41 heavy (non-hydrogen) atoms. The lowest BCUT2D eigenvalue weighted by Gasteiger charge is -2.60. The highest BCUT2D eigenvalue weighted by Crippen LogP contribution is 2.69. The smallest absolute Gasteiger partial charge is 0.396 e. The minimum Gasteiger partial charge on any atom is -0.431 e. The first-order valence-corrected chi connectivity index (χ1v) is 21.0. The molecule has 0 aromatic rings. The molecular formula is C35H65O4PSi. The Hall–Kier alpha value is 0.0669.